The van der Waals surface area contributed by atoms with Gasteiger partial charge in [-0.15, -0.1) is 0 Å². The normalized spacial score (nSPS) is 10.3. The molecule has 2 aromatic rings. The number of amides is 3. The Morgan fingerprint density at radius 1 is 1.21 bits per heavy atom. The second-order valence-electron chi connectivity index (χ2n) is 6.13. The van der Waals surface area contributed by atoms with Crippen molar-refractivity contribution >= 4 is 23.7 Å². The number of anilines is 1. The van der Waals surface area contributed by atoms with Crippen molar-refractivity contribution < 1.29 is 19.1 Å². The standard InChI is InChI=1S/C19H25N5O4/c1-2-3-11-28-19(27)21-10-9-15(25)23-18-16(17(20)26)24(13-22-18)12-14-7-5-4-6-8-14/h4-8,13H,2-3,9-12H2,1H3,(H2,20,26)(H,21,27)(H,23,25). The van der Waals surface area contributed by atoms with Crippen LogP contribution in [0.3, 0.4) is 0 Å². The van der Waals surface area contributed by atoms with Gasteiger partial charge < -0.3 is 25.7 Å². The molecule has 0 aliphatic carbocycles. The van der Waals surface area contributed by atoms with Gasteiger partial charge in [0, 0.05) is 19.5 Å². The van der Waals surface area contributed by atoms with E-state index in [1.165, 1.54) is 6.33 Å². The van der Waals surface area contributed by atoms with Crippen LogP contribution in [0.1, 0.15) is 42.2 Å². The largest absolute Gasteiger partial charge is 0.450 e. The Labute approximate surface area is 163 Å². The lowest BCUT2D eigenvalue weighted by Crippen LogP contribution is -2.29. The molecule has 0 spiro atoms. The van der Waals surface area contributed by atoms with E-state index in [0.29, 0.717) is 13.2 Å². The average molecular weight is 387 g/mol. The number of nitrogens with one attached hydrogen (secondary N) is 2. The van der Waals surface area contributed by atoms with Crippen molar-refractivity contribution in [3.8, 4) is 0 Å². The molecule has 150 valence electrons. The molecular formula is C19H25N5O4. The maximum atomic E-state index is 12.1. The van der Waals surface area contributed by atoms with Crippen LogP contribution >= 0.6 is 0 Å². The number of aromatic nitrogens is 2. The Kier molecular flexibility index (Phi) is 8.01. The van der Waals surface area contributed by atoms with Crippen LogP contribution in [0.15, 0.2) is 36.7 Å². The summed E-state index contributed by atoms with van der Waals surface area (Å²) < 4.78 is 6.51. The molecule has 1 aromatic carbocycles. The molecule has 0 unspecified atom stereocenters. The number of nitrogens with zero attached hydrogens (tertiary/aromatic N) is 2. The van der Waals surface area contributed by atoms with Crippen LogP contribution in [-0.2, 0) is 16.1 Å². The van der Waals surface area contributed by atoms with Crippen LogP contribution in [-0.4, -0.2) is 40.6 Å². The minimum atomic E-state index is -0.693. The topological polar surface area (TPSA) is 128 Å². The Morgan fingerprint density at radius 2 is 1.96 bits per heavy atom. The van der Waals surface area contributed by atoms with Gasteiger partial charge in [0.15, 0.2) is 11.5 Å². The van der Waals surface area contributed by atoms with Crippen LogP contribution in [0.25, 0.3) is 0 Å². The van der Waals surface area contributed by atoms with E-state index in [1.54, 1.807) is 4.57 Å². The zero-order valence-corrected chi connectivity index (χ0v) is 15.8. The fraction of sp³-hybridized carbons (Fsp3) is 0.368. The first-order valence-corrected chi connectivity index (χ1v) is 9.10. The summed E-state index contributed by atoms with van der Waals surface area (Å²) in [5.41, 5.74) is 6.54. The van der Waals surface area contributed by atoms with E-state index < -0.39 is 17.9 Å². The number of ether oxygens (including phenoxy) is 1. The number of unbranched alkanes of at least 4 members (excludes halogenated alkanes) is 1. The van der Waals surface area contributed by atoms with E-state index in [4.69, 9.17) is 10.5 Å². The van der Waals surface area contributed by atoms with Crippen molar-refractivity contribution in [2.24, 2.45) is 5.73 Å². The predicted octanol–water partition coefficient (Wildman–Crippen LogP) is 1.89. The molecule has 0 aliphatic heterocycles. The lowest BCUT2D eigenvalue weighted by Gasteiger charge is -2.09. The number of benzene rings is 1. The van der Waals surface area contributed by atoms with Crippen LogP contribution < -0.4 is 16.4 Å². The highest BCUT2D eigenvalue weighted by atomic mass is 16.5. The quantitative estimate of drug-likeness (QED) is 0.536. The van der Waals surface area contributed by atoms with Gasteiger partial charge >= 0.3 is 6.09 Å². The van der Waals surface area contributed by atoms with Crippen LogP contribution in [0.5, 0.6) is 0 Å². The molecule has 1 heterocycles. The van der Waals surface area contributed by atoms with Gasteiger partial charge in [-0.3, -0.25) is 9.59 Å². The van der Waals surface area contributed by atoms with Gasteiger partial charge in [0.2, 0.25) is 5.91 Å². The number of primary amides is 1. The van der Waals surface area contributed by atoms with Crippen molar-refractivity contribution in [2.45, 2.75) is 32.7 Å². The zero-order valence-electron chi connectivity index (χ0n) is 15.8. The first-order chi connectivity index (χ1) is 13.5. The summed E-state index contributed by atoms with van der Waals surface area (Å²) in [4.78, 5) is 39.5. The summed E-state index contributed by atoms with van der Waals surface area (Å²) in [5, 5.41) is 5.05. The summed E-state index contributed by atoms with van der Waals surface area (Å²) >= 11 is 0. The minimum absolute atomic E-state index is 0.00657. The SMILES string of the molecule is CCCCOC(=O)NCCC(=O)Nc1ncn(Cc2ccccc2)c1C(N)=O. The van der Waals surface area contributed by atoms with E-state index in [1.807, 2.05) is 37.3 Å². The number of hydrogen-bond acceptors (Lipinski definition) is 5. The van der Waals surface area contributed by atoms with Gasteiger partial charge in [-0.1, -0.05) is 43.7 Å². The summed E-state index contributed by atoms with van der Waals surface area (Å²) in [6.07, 6.45) is 2.61. The number of nitrogens with two attached hydrogens (primary N) is 1. The molecule has 3 amide bonds. The molecule has 9 heteroatoms. The molecule has 0 saturated heterocycles. The Morgan fingerprint density at radius 3 is 2.64 bits per heavy atom. The molecule has 0 atom stereocenters. The maximum absolute atomic E-state index is 12.1. The summed E-state index contributed by atoms with van der Waals surface area (Å²) in [5.74, 6) is -0.998. The first-order valence-electron chi connectivity index (χ1n) is 9.10. The summed E-state index contributed by atoms with van der Waals surface area (Å²) in [6.45, 7) is 2.84. The van der Waals surface area contributed by atoms with Gasteiger partial charge in [0.1, 0.15) is 0 Å². The molecule has 9 nitrogen and oxygen atoms in total. The van der Waals surface area contributed by atoms with Crippen molar-refractivity contribution in [3.05, 3.63) is 47.9 Å². The van der Waals surface area contributed by atoms with Crippen molar-refractivity contribution in [3.63, 3.8) is 0 Å². The van der Waals surface area contributed by atoms with Crippen LogP contribution in [0.2, 0.25) is 0 Å². The van der Waals surface area contributed by atoms with Gasteiger partial charge in [0.25, 0.3) is 5.91 Å². The molecule has 28 heavy (non-hydrogen) atoms. The highest BCUT2D eigenvalue weighted by Gasteiger charge is 2.18. The highest BCUT2D eigenvalue weighted by Crippen LogP contribution is 2.15. The molecule has 1 aromatic heterocycles. The van der Waals surface area contributed by atoms with E-state index >= 15 is 0 Å². The number of hydrogen-bond donors (Lipinski definition) is 3. The molecule has 0 saturated carbocycles. The van der Waals surface area contributed by atoms with Gasteiger partial charge in [-0.2, -0.15) is 0 Å². The lowest BCUT2D eigenvalue weighted by molar-refractivity contribution is -0.116. The Hall–Kier alpha value is -3.36. The number of imidazole rings is 1. The van der Waals surface area contributed by atoms with Gasteiger partial charge in [-0.05, 0) is 12.0 Å². The van der Waals surface area contributed by atoms with E-state index in [2.05, 4.69) is 15.6 Å². The second-order valence-corrected chi connectivity index (χ2v) is 6.13. The third kappa shape index (κ3) is 6.42. The number of rotatable bonds is 10. The molecule has 0 fully saturated rings. The summed E-state index contributed by atoms with van der Waals surface area (Å²) in [7, 11) is 0. The third-order valence-electron chi connectivity index (χ3n) is 3.88. The van der Waals surface area contributed by atoms with E-state index in [0.717, 1.165) is 18.4 Å². The minimum Gasteiger partial charge on any atom is -0.450 e. The summed E-state index contributed by atoms with van der Waals surface area (Å²) in [6, 6.07) is 9.49. The van der Waals surface area contributed by atoms with Crippen molar-refractivity contribution in [1.29, 1.82) is 0 Å². The second kappa shape index (κ2) is 10.7. The number of carbonyl (C=O) groups excluding carboxylic acids is 3. The number of alkyl carbamates (subject to hydrolysis) is 1. The molecule has 2 rings (SSSR count). The molecular weight excluding hydrogens is 362 g/mol. The maximum Gasteiger partial charge on any atom is 0.407 e. The molecule has 0 bridgehead atoms. The number of carbonyl (C=O) groups is 3. The zero-order chi connectivity index (χ0) is 20.4. The molecule has 0 aliphatic rings. The third-order valence-corrected chi connectivity index (χ3v) is 3.88. The fourth-order valence-electron chi connectivity index (χ4n) is 2.46. The van der Waals surface area contributed by atoms with Crippen LogP contribution in [0.4, 0.5) is 10.6 Å². The van der Waals surface area contributed by atoms with Crippen molar-refractivity contribution in [2.75, 3.05) is 18.5 Å². The van der Waals surface area contributed by atoms with Crippen LogP contribution in [0, 0.1) is 0 Å². The smallest absolute Gasteiger partial charge is 0.407 e. The Balaban J connectivity index is 1.90. The average Bonchev–Trinajstić information content (AvgIpc) is 3.05. The van der Waals surface area contributed by atoms with Gasteiger partial charge in [-0.25, -0.2) is 9.78 Å². The fourth-order valence-corrected chi connectivity index (χ4v) is 2.46. The van der Waals surface area contributed by atoms with Gasteiger partial charge in [0.05, 0.1) is 12.9 Å². The molecule has 0 radical (unpaired) electrons. The monoisotopic (exact) mass is 387 g/mol. The Bertz CT molecular complexity index is 804. The van der Waals surface area contributed by atoms with Crippen molar-refractivity contribution in [1.82, 2.24) is 14.9 Å². The molecule has 4 N–H and O–H groups in total. The van der Waals surface area contributed by atoms with E-state index in [-0.39, 0.29) is 24.5 Å². The predicted molar refractivity (Wildman–Crippen MR) is 104 cm³/mol. The first kappa shape index (κ1) is 20.9. The lowest BCUT2D eigenvalue weighted by atomic mass is 10.2. The van der Waals surface area contributed by atoms with E-state index in [9.17, 15) is 14.4 Å². The highest BCUT2D eigenvalue weighted by molar-refractivity contribution is 6.00.